The SMILES string of the molecule is CC(C)CCN[C@H]1C(=O)[C@H](N)Cc2ccccc21. The first-order chi connectivity index (χ1) is 8.59. The molecule has 0 spiro atoms. The maximum Gasteiger partial charge on any atom is 0.171 e. The smallest absolute Gasteiger partial charge is 0.171 e. The highest BCUT2D eigenvalue weighted by molar-refractivity contribution is 5.92. The molecule has 0 aromatic heterocycles. The normalized spacial score (nSPS) is 23.2. The molecule has 0 aliphatic heterocycles. The summed E-state index contributed by atoms with van der Waals surface area (Å²) in [6.45, 7) is 5.23. The van der Waals surface area contributed by atoms with Crippen LogP contribution >= 0.6 is 0 Å². The monoisotopic (exact) mass is 246 g/mol. The first kappa shape index (κ1) is 13.2. The van der Waals surface area contributed by atoms with Gasteiger partial charge in [-0.1, -0.05) is 38.1 Å². The number of carbonyl (C=O) groups excluding carboxylic acids is 1. The van der Waals surface area contributed by atoms with Crippen LogP contribution in [0.3, 0.4) is 0 Å². The Morgan fingerprint density at radius 2 is 2.11 bits per heavy atom. The van der Waals surface area contributed by atoms with E-state index in [0.29, 0.717) is 12.3 Å². The fourth-order valence-corrected chi connectivity index (χ4v) is 2.43. The Labute approximate surface area is 109 Å². The molecule has 0 heterocycles. The van der Waals surface area contributed by atoms with Gasteiger partial charge in [-0.25, -0.2) is 0 Å². The van der Waals surface area contributed by atoms with E-state index in [1.807, 2.05) is 18.2 Å². The zero-order valence-electron chi connectivity index (χ0n) is 11.1. The minimum absolute atomic E-state index is 0.123. The van der Waals surface area contributed by atoms with Crippen molar-refractivity contribution in [3.05, 3.63) is 35.4 Å². The summed E-state index contributed by atoms with van der Waals surface area (Å²) in [5.41, 5.74) is 8.23. The van der Waals surface area contributed by atoms with E-state index in [9.17, 15) is 4.79 Å². The van der Waals surface area contributed by atoms with Crippen LogP contribution in [0.1, 0.15) is 37.4 Å². The van der Waals surface area contributed by atoms with Crippen molar-refractivity contribution in [2.45, 2.75) is 38.8 Å². The Bertz CT molecular complexity index is 428. The number of hydrogen-bond acceptors (Lipinski definition) is 3. The van der Waals surface area contributed by atoms with E-state index in [1.165, 1.54) is 5.56 Å². The van der Waals surface area contributed by atoms with Gasteiger partial charge in [0.2, 0.25) is 0 Å². The largest absolute Gasteiger partial charge is 0.321 e. The van der Waals surface area contributed by atoms with E-state index in [4.69, 9.17) is 5.73 Å². The third kappa shape index (κ3) is 2.79. The average Bonchev–Trinajstić information content (AvgIpc) is 2.33. The minimum Gasteiger partial charge on any atom is -0.321 e. The van der Waals surface area contributed by atoms with Crippen LogP contribution in [-0.2, 0) is 11.2 Å². The molecule has 0 amide bonds. The highest BCUT2D eigenvalue weighted by Crippen LogP contribution is 2.26. The van der Waals surface area contributed by atoms with E-state index in [0.717, 1.165) is 18.5 Å². The summed E-state index contributed by atoms with van der Waals surface area (Å²) in [4.78, 5) is 12.2. The molecule has 3 N–H and O–H groups in total. The minimum atomic E-state index is -0.364. The van der Waals surface area contributed by atoms with Gasteiger partial charge >= 0.3 is 0 Å². The van der Waals surface area contributed by atoms with Crippen LogP contribution in [0.4, 0.5) is 0 Å². The summed E-state index contributed by atoms with van der Waals surface area (Å²) in [6.07, 6.45) is 1.73. The van der Waals surface area contributed by atoms with Gasteiger partial charge in [0.1, 0.15) is 0 Å². The van der Waals surface area contributed by atoms with Crippen molar-refractivity contribution in [2.24, 2.45) is 11.7 Å². The Morgan fingerprint density at radius 1 is 1.39 bits per heavy atom. The van der Waals surface area contributed by atoms with Crippen molar-refractivity contribution in [1.29, 1.82) is 0 Å². The molecule has 0 saturated heterocycles. The number of Topliss-reactive ketones (excluding diaryl/α,β-unsaturated/α-hetero) is 1. The molecule has 0 saturated carbocycles. The average molecular weight is 246 g/mol. The number of hydrogen-bond donors (Lipinski definition) is 2. The molecule has 3 nitrogen and oxygen atoms in total. The summed E-state index contributed by atoms with van der Waals surface area (Å²) < 4.78 is 0. The molecular weight excluding hydrogens is 224 g/mol. The summed E-state index contributed by atoms with van der Waals surface area (Å²) in [7, 11) is 0. The van der Waals surface area contributed by atoms with Gasteiger partial charge in [-0.2, -0.15) is 0 Å². The summed E-state index contributed by atoms with van der Waals surface area (Å²) in [5, 5.41) is 3.36. The molecule has 18 heavy (non-hydrogen) atoms. The zero-order valence-corrected chi connectivity index (χ0v) is 11.1. The Kier molecular flexibility index (Phi) is 4.15. The molecule has 98 valence electrons. The molecule has 1 aromatic carbocycles. The van der Waals surface area contributed by atoms with Crippen molar-refractivity contribution < 1.29 is 4.79 Å². The van der Waals surface area contributed by atoms with Gasteiger partial charge in [-0.3, -0.25) is 4.79 Å². The Hall–Kier alpha value is -1.19. The summed E-state index contributed by atoms with van der Waals surface area (Å²) >= 11 is 0. The molecule has 1 aromatic rings. The third-order valence-electron chi connectivity index (χ3n) is 3.53. The van der Waals surface area contributed by atoms with Gasteiger partial charge in [0.15, 0.2) is 5.78 Å². The van der Waals surface area contributed by atoms with Crippen LogP contribution in [0.2, 0.25) is 0 Å². The maximum absolute atomic E-state index is 12.2. The van der Waals surface area contributed by atoms with Crippen molar-refractivity contribution in [3.8, 4) is 0 Å². The number of carbonyl (C=O) groups is 1. The fourth-order valence-electron chi connectivity index (χ4n) is 2.43. The second-order valence-corrected chi connectivity index (χ2v) is 5.48. The highest BCUT2D eigenvalue weighted by atomic mass is 16.1. The van der Waals surface area contributed by atoms with Crippen molar-refractivity contribution >= 4 is 5.78 Å². The van der Waals surface area contributed by atoms with Gasteiger partial charge in [-0.15, -0.1) is 0 Å². The third-order valence-corrected chi connectivity index (χ3v) is 3.53. The summed E-state index contributed by atoms with van der Waals surface area (Å²) in [5.74, 6) is 0.762. The fraction of sp³-hybridized carbons (Fsp3) is 0.533. The molecular formula is C15H22N2O. The molecule has 2 atom stereocenters. The van der Waals surface area contributed by atoms with Crippen LogP contribution in [-0.4, -0.2) is 18.4 Å². The van der Waals surface area contributed by atoms with E-state index in [1.54, 1.807) is 0 Å². The Morgan fingerprint density at radius 3 is 2.83 bits per heavy atom. The van der Waals surface area contributed by atoms with Crippen LogP contribution in [0, 0.1) is 5.92 Å². The molecule has 1 aliphatic rings. The molecule has 2 rings (SSSR count). The molecule has 0 fully saturated rings. The first-order valence-corrected chi connectivity index (χ1v) is 6.70. The molecule has 0 bridgehead atoms. The standard InChI is InChI=1S/C15H22N2O/c1-10(2)7-8-17-14-12-6-4-3-5-11(12)9-13(16)15(14)18/h3-6,10,13-14,17H,7-9,16H2,1-2H3/t13-,14-/m1/s1. The number of benzene rings is 1. The Balaban J connectivity index is 2.14. The second kappa shape index (κ2) is 5.63. The van der Waals surface area contributed by atoms with Gasteiger partial charge in [0.25, 0.3) is 0 Å². The summed E-state index contributed by atoms with van der Waals surface area (Å²) in [6, 6.07) is 7.51. The number of nitrogens with two attached hydrogens (primary N) is 1. The number of ketones is 1. The quantitative estimate of drug-likeness (QED) is 0.852. The predicted octanol–water partition coefficient (Wildman–Crippen LogP) is 1.82. The lowest BCUT2D eigenvalue weighted by Gasteiger charge is -2.29. The van der Waals surface area contributed by atoms with E-state index >= 15 is 0 Å². The lowest BCUT2D eigenvalue weighted by Crippen LogP contribution is -2.45. The van der Waals surface area contributed by atoms with Crippen molar-refractivity contribution in [2.75, 3.05) is 6.54 Å². The molecule has 0 radical (unpaired) electrons. The zero-order chi connectivity index (χ0) is 13.1. The number of nitrogens with one attached hydrogen (secondary N) is 1. The molecule has 0 unspecified atom stereocenters. The van der Waals surface area contributed by atoms with Gasteiger partial charge < -0.3 is 11.1 Å². The molecule has 1 aliphatic carbocycles. The van der Waals surface area contributed by atoms with Gasteiger partial charge in [-0.05, 0) is 36.4 Å². The topological polar surface area (TPSA) is 55.1 Å². The lowest BCUT2D eigenvalue weighted by molar-refractivity contribution is -0.123. The maximum atomic E-state index is 12.2. The highest BCUT2D eigenvalue weighted by Gasteiger charge is 2.32. The first-order valence-electron chi connectivity index (χ1n) is 6.70. The lowest BCUT2D eigenvalue weighted by atomic mass is 9.84. The van der Waals surface area contributed by atoms with Crippen molar-refractivity contribution in [3.63, 3.8) is 0 Å². The van der Waals surface area contributed by atoms with Gasteiger partial charge in [0, 0.05) is 0 Å². The van der Waals surface area contributed by atoms with Crippen LogP contribution < -0.4 is 11.1 Å². The van der Waals surface area contributed by atoms with Gasteiger partial charge in [0.05, 0.1) is 12.1 Å². The van der Waals surface area contributed by atoms with Crippen LogP contribution in [0.25, 0.3) is 0 Å². The molecule has 3 heteroatoms. The van der Waals surface area contributed by atoms with Crippen LogP contribution in [0.5, 0.6) is 0 Å². The second-order valence-electron chi connectivity index (χ2n) is 5.48. The van der Waals surface area contributed by atoms with E-state index < -0.39 is 0 Å². The number of rotatable bonds is 4. The van der Waals surface area contributed by atoms with Crippen LogP contribution in [0.15, 0.2) is 24.3 Å². The predicted molar refractivity (Wildman–Crippen MR) is 73.3 cm³/mol. The van der Waals surface area contributed by atoms with Crippen molar-refractivity contribution in [1.82, 2.24) is 5.32 Å². The van der Waals surface area contributed by atoms with E-state index in [-0.39, 0.29) is 17.9 Å². The van der Waals surface area contributed by atoms with E-state index in [2.05, 4.69) is 25.2 Å². The number of fused-ring (bicyclic) bond motifs is 1.